The molecule has 0 aliphatic carbocycles. The first-order valence-electron chi connectivity index (χ1n) is 6.18. The second-order valence-electron chi connectivity index (χ2n) is 4.52. The number of likely N-dealkylation sites (N-methyl/N-ethyl adjacent to an activating group) is 1. The van der Waals surface area contributed by atoms with Crippen LogP contribution in [0.25, 0.3) is 0 Å². The maximum absolute atomic E-state index is 12.4. The number of fused-ring (bicyclic) bond motifs is 1. The largest absolute Gasteiger partial charge is 0.385 e. The van der Waals surface area contributed by atoms with Crippen LogP contribution in [0.5, 0.6) is 0 Å². The van der Waals surface area contributed by atoms with Crippen molar-refractivity contribution in [2.75, 3.05) is 25.5 Å². The van der Waals surface area contributed by atoms with E-state index in [0.717, 1.165) is 24.2 Å². The Bertz CT molecular complexity index is 478. The third-order valence-electron chi connectivity index (χ3n) is 3.32. The van der Waals surface area contributed by atoms with Crippen LogP contribution in [0.4, 0.5) is 5.69 Å². The van der Waals surface area contributed by atoms with Gasteiger partial charge in [0.25, 0.3) is 0 Å². The number of anilines is 1. The first-order chi connectivity index (χ1) is 8.74. The number of nitrogens with zero attached hydrogens (tertiary/aromatic N) is 2. The molecule has 1 unspecified atom stereocenters. The van der Waals surface area contributed by atoms with Crippen LogP contribution in [0.2, 0.25) is 0 Å². The van der Waals surface area contributed by atoms with Crippen molar-refractivity contribution in [1.82, 2.24) is 4.90 Å². The van der Waals surface area contributed by atoms with Crippen LogP contribution in [0.15, 0.2) is 24.3 Å². The van der Waals surface area contributed by atoms with Crippen LogP contribution in [0.3, 0.4) is 0 Å². The molecule has 1 aliphatic rings. The second kappa shape index (κ2) is 5.54. The molecular formula is C14H17N3O. The van der Waals surface area contributed by atoms with Crippen molar-refractivity contribution in [1.29, 1.82) is 5.26 Å². The van der Waals surface area contributed by atoms with Crippen LogP contribution >= 0.6 is 0 Å². The number of hydrogen-bond donors (Lipinski definition) is 1. The van der Waals surface area contributed by atoms with E-state index in [1.54, 1.807) is 11.9 Å². The van der Waals surface area contributed by atoms with Gasteiger partial charge in [-0.1, -0.05) is 18.2 Å². The third-order valence-corrected chi connectivity index (χ3v) is 3.32. The van der Waals surface area contributed by atoms with Crippen molar-refractivity contribution in [3.8, 4) is 6.07 Å². The molecule has 1 heterocycles. The summed E-state index contributed by atoms with van der Waals surface area (Å²) in [7, 11) is 1.77. The van der Waals surface area contributed by atoms with Gasteiger partial charge in [0.15, 0.2) is 0 Å². The fourth-order valence-corrected chi connectivity index (χ4v) is 2.32. The normalized spacial score (nSPS) is 17.2. The lowest BCUT2D eigenvalue weighted by molar-refractivity contribution is -0.131. The van der Waals surface area contributed by atoms with E-state index in [9.17, 15) is 4.79 Å². The number of carbonyl (C=O) groups is 1. The minimum Gasteiger partial charge on any atom is -0.385 e. The molecule has 2 rings (SSSR count). The minimum absolute atomic E-state index is 0.0776. The summed E-state index contributed by atoms with van der Waals surface area (Å²) in [5.74, 6) is 0.0327. The molecule has 0 spiro atoms. The molecule has 1 aliphatic heterocycles. The lowest BCUT2D eigenvalue weighted by Gasteiger charge is -2.29. The Kier molecular flexibility index (Phi) is 3.83. The lowest BCUT2D eigenvalue weighted by Crippen LogP contribution is -2.35. The monoisotopic (exact) mass is 243 g/mol. The van der Waals surface area contributed by atoms with Gasteiger partial charge in [0.05, 0.1) is 18.4 Å². The van der Waals surface area contributed by atoms with Gasteiger partial charge in [-0.05, 0) is 18.1 Å². The zero-order chi connectivity index (χ0) is 13.0. The van der Waals surface area contributed by atoms with Gasteiger partial charge in [-0.15, -0.1) is 0 Å². The first kappa shape index (κ1) is 12.4. The van der Waals surface area contributed by atoms with Gasteiger partial charge in [-0.2, -0.15) is 5.26 Å². The molecule has 0 fully saturated rings. The molecule has 1 amide bonds. The summed E-state index contributed by atoms with van der Waals surface area (Å²) in [6, 6.07) is 10.0. The summed E-state index contributed by atoms with van der Waals surface area (Å²) in [5, 5.41) is 11.9. The van der Waals surface area contributed by atoms with Gasteiger partial charge in [-0.25, -0.2) is 0 Å². The second-order valence-corrected chi connectivity index (χ2v) is 4.52. The van der Waals surface area contributed by atoms with Gasteiger partial charge < -0.3 is 10.2 Å². The highest BCUT2D eigenvalue weighted by atomic mass is 16.2. The number of carbonyl (C=O) groups excluding carboxylic acids is 1. The summed E-state index contributed by atoms with van der Waals surface area (Å²) >= 11 is 0. The zero-order valence-corrected chi connectivity index (χ0v) is 10.5. The van der Waals surface area contributed by atoms with Crippen LogP contribution < -0.4 is 5.32 Å². The Morgan fingerprint density at radius 2 is 2.33 bits per heavy atom. The van der Waals surface area contributed by atoms with Gasteiger partial charge >= 0.3 is 0 Å². The van der Waals surface area contributed by atoms with E-state index in [4.69, 9.17) is 5.26 Å². The number of nitriles is 1. The Hall–Kier alpha value is -2.02. The molecule has 0 saturated heterocycles. The van der Waals surface area contributed by atoms with Crippen LogP contribution in [-0.4, -0.2) is 30.9 Å². The first-order valence-corrected chi connectivity index (χ1v) is 6.18. The van der Waals surface area contributed by atoms with E-state index in [0.29, 0.717) is 13.0 Å². The molecule has 0 aromatic heterocycles. The summed E-state index contributed by atoms with van der Waals surface area (Å²) in [5.41, 5.74) is 2.12. The maximum atomic E-state index is 12.4. The zero-order valence-electron chi connectivity index (χ0n) is 10.5. The topological polar surface area (TPSA) is 56.1 Å². The van der Waals surface area contributed by atoms with Crippen LogP contribution in [0.1, 0.15) is 24.3 Å². The Morgan fingerprint density at radius 1 is 1.56 bits per heavy atom. The smallest absolute Gasteiger partial charge is 0.230 e. The van der Waals surface area contributed by atoms with Crippen molar-refractivity contribution >= 4 is 11.6 Å². The van der Waals surface area contributed by atoms with E-state index in [1.807, 2.05) is 24.3 Å². The molecule has 4 nitrogen and oxygen atoms in total. The molecular weight excluding hydrogens is 226 g/mol. The predicted octanol–water partition coefficient (Wildman–Crippen LogP) is 1.96. The van der Waals surface area contributed by atoms with Gasteiger partial charge in [0.2, 0.25) is 5.91 Å². The molecule has 1 aromatic rings. The van der Waals surface area contributed by atoms with Crippen molar-refractivity contribution in [2.45, 2.75) is 18.8 Å². The van der Waals surface area contributed by atoms with E-state index < -0.39 is 0 Å². The Labute approximate surface area is 107 Å². The van der Waals surface area contributed by atoms with Crippen LogP contribution in [0, 0.1) is 11.3 Å². The number of amides is 1. The van der Waals surface area contributed by atoms with E-state index in [-0.39, 0.29) is 11.8 Å². The average Bonchev–Trinajstić information content (AvgIpc) is 2.43. The lowest BCUT2D eigenvalue weighted by atomic mass is 9.90. The minimum atomic E-state index is -0.0776. The van der Waals surface area contributed by atoms with Gasteiger partial charge in [0, 0.05) is 25.8 Å². The quantitative estimate of drug-likeness (QED) is 0.882. The van der Waals surface area contributed by atoms with E-state index in [1.165, 1.54) is 0 Å². The van der Waals surface area contributed by atoms with Crippen molar-refractivity contribution in [3.05, 3.63) is 29.8 Å². The fraction of sp³-hybridized carbons (Fsp3) is 0.429. The van der Waals surface area contributed by atoms with Crippen molar-refractivity contribution in [2.24, 2.45) is 0 Å². The molecule has 0 saturated carbocycles. The SMILES string of the molecule is CN(CCC#N)C(=O)C1CCNc2ccccc21. The van der Waals surface area contributed by atoms with Gasteiger partial charge in [-0.3, -0.25) is 4.79 Å². The number of rotatable bonds is 3. The van der Waals surface area contributed by atoms with E-state index >= 15 is 0 Å². The molecule has 94 valence electrons. The number of nitrogens with one attached hydrogen (secondary N) is 1. The van der Waals surface area contributed by atoms with Crippen LogP contribution in [-0.2, 0) is 4.79 Å². The molecule has 1 N–H and O–H groups in total. The summed E-state index contributed by atoms with van der Waals surface area (Å²) in [6.07, 6.45) is 1.20. The molecule has 0 radical (unpaired) electrons. The number of benzene rings is 1. The molecule has 1 aromatic carbocycles. The Balaban J connectivity index is 2.15. The van der Waals surface area contributed by atoms with E-state index in [2.05, 4.69) is 11.4 Å². The number of para-hydroxylation sites is 1. The van der Waals surface area contributed by atoms with Crippen molar-refractivity contribution in [3.63, 3.8) is 0 Å². The van der Waals surface area contributed by atoms with Gasteiger partial charge in [0.1, 0.15) is 0 Å². The fourth-order valence-electron chi connectivity index (χ4n) is 2.32. The highest BCUT2D eigenvalue weighted by molar-refractivity contribution is 5.86. The summed E-state index contributed by atoms with van der Waals surface area (Å²) in [4.78, 5) is 14.0. The highest BCUT2D eigenvalue weighted by Gasteiger charge is 2.28. The maximum Gasteiger partial charge on any atom is 0.230 e. The third kappa shape index (κ3) is 2.45. The molecule has 1 atom stereocenters. The standard InChI is InChI=1S/C14H17N3O/c1-17(10-4-8-15)14(18)12-7-9-16-13-6-3-2-5-11(12)13/h2-3,5-6,12,16H,4,7,9-10H2,1H3. The highest BCUT2D eigenvalue weighted by Crippen LogP contribution is 2.32. The van der Waals surface area contributed by atoms with Crippen molar-refractivity contribution < 1.29 is 4.79 Å². The average molecular weight is 243 g/mol. The molecule has 0 bridgehead atoms. The summed E-state index contributed by atoms with van der Waals surface area (Å²) < 4.78 is 0. The number of hydrogen-bond acceptors (Lipinski definition) is 3. The Morgan fingerprint density at radius 3 is 3.11 bits per heavy atom. The predicted molar refractivity (Wildman–Crippen MR) is 70.2 cm³/mol. The summed E-state index contributed by atoms with van der Waals surface area (Å²) in [6.45, 7) is 1.32. The molecule has 18 heavy (non-hydrogen) atoms. The molecule has 4 heteroatoms.